The van der Waals surface area contributed by atoms with E-state index in [0.717, 1.165) is 27.9 Å². The quantitative estimate of drug-likeness (QED) is 0.604. The number of carbonyl (C=O) groups is 1. The first-order chi connectivity index (χ1) is 12.2. The van der Waals surface area contributed by atoms with E-state index in [0.29, 0.717) is 12.2 Å². The summed E-state index contributed by atoms with van der Waals surface area (Å²) in [5, 5.41) is 10.6. The Morgan fingerprint density at radius 2 is 2.04 bits per heavy atom. The van der Waals surface area contributed by atoms with Gasteiger partial charge < -0.3 is 9.88 Å². The number of nitrogens with one attached hydrogen (secondary N) is 2. The van der Waals surface area contributed by atoms with Crippen LogP contribution in [-0.4, -0.2) is 25.7 Å². The van der Waals surface area contributed by atoms with Gasteiger partial charge in [0.25, 0.3) is 5.91 Å². The zero-order valence-electron chi connectivity index (χ0n) is 13.7. The summed E-state index contributed by atoms with van der Waals surface area (Å²) in [5.41, 5.74) is 4.15. The predicted octanol–water partition coefficient (Wildman–Crippen LogP) is 2.89. The minimum atomic E-state index is -0.116. The van der Waals surface area contributed by atoms with Crippen molar-refractivity contribution in [2.24, 2.45) is 7.05 Å². The maximum Gasteiger partial charge on any atom is 0.268 e. The van der Waals surface area contributed by atoms with Crippen molar-refractivity contribution < 1.29 is 4.79 Å². The Labute approximate surface area is 144 Å². The number of carbonyl (C=O) groups excluding carboxylic acids is 1. The van der Waals surface area contributed by atoms with Crippen molar-refractivity contribution in [3.8, 4) is 11.3 Å². The third-order valence-electron chi connectivity index (χ3n) is 4.20. The molecule has 1 aromatic carbocycles. The molecule has 25 heavy (non-hydrogen) atoms. The standard InChI is InChI=1S/C19H17N5O/c1-24-17(19(25)20-10-13-5-3-2-4-6-13)9-14-7-8-16(23-18(14)24)15-11-21-22-12-15/h2-9,11-12H,10H2,1H3,(H,20,25)(H,21,22). The molecule has 0 saturated carbocycles. The smallest absolute Gasteiger partial charge is 0.268 e. The highest BCUT2D eigenvalue weighted by atomic mass is 16.1. The number of aromatic nitrogens is 4. The Kier molecular flexibility index (Phi) is 3.78. The van der Waals surface area contributed by atoms with Gasteiger partial charge in [-0.05, 0) is 23.8 Å². The highest BCUT2D eigenvalue weighted by Crippen LogP contribution is 2.22. The van der Waals surface area contributed by atoms with E-state index < -0.39 is 0 Å². The third-order valence-corrected chi connectivity index (χ3v) is 4.20. The van der Waals surface area contributed by atoms with Gasteiger partial charge in [0.15, 0.2) is 0 Å². The van der Waals surface area contributed by atoms with Crippen LogP contribution in [-0.2, 0) is 13.6 Å². The lowest BCUT2D eigenvalue weighted by molar-refractivity contribution is 0.0943. The minimum absolute atomic E-state index is 0.116. The molecule has 4 rings (SSSR count). The van der Waals surface area contributed by atoms with Crippen LogP contribution < -0.4 is 5.32 Å². The fraction of sp³-hybridized carbons (Fsp3) is 0.105. The van der Waals surface area contributed by atoms with Crippen LogP contribution in [0.2, 0.25) is 0 Å². The largest absolute Gasteiger partial charge is 0.347 e. The van der Waals surface area contributed by atoms with Crippen LogP contribution in [0.5, 0.6) is 0 Å². The Morgan fingerprint density at radius 3 is 2.80 bits per heavy atom. The molecule has 1 amide bonds. The fourth-order valence-corrected chi connectivity index (χ4v) is 2.84. The summed E-state index contributed by atoms with van der Waals surface area (Å²) in [7, 11) is 1.85. The molecular weight excluding hydrogens is 314 g/mol. The normalized spacial score (nSPS) is 10.9. The zero-order valence-corrected chi connectivity index (χ0v) is 13.7. The molecule has 124 valence electrons. The Hall–Kier alpha value is -3.41. The van der Waals surface area contributed by atoms with Gasteiger partial charge >= 0.3 is 0 Å². The van der Waals surface area contributed by atoms with Crippen LogP contribution in [0.1, 0.15) is 16.1 Å². The Balaban J connectivity index is 1.61. The lowest BCUT2D eigenvalue weighted by atomic mass is 10.2. The van der Waals surface area contributed by atoms with Gasteiger partial charge in [-0.3, -0.25) is 9.89 Å². The molecule has 0 bridgehead atoms. The number of aromatic amines is 1. The van der Waals surface area contributed by atoms with Gasteiger partial charge in [-0.15, -0.1) is 0 Å². The van der Waals surface area contributed by atoms with Gasteiger partial charge in [-0.1, -0.05) is 30.3 Å². The predicted molar refractivity (Wildman–Crippen MR) is 95.9 cm³/mol. The number of H-pyrrole nitrogens is 1. The van der Waals surface area contributed by atoms with E-state index in [1.165, 1.54) is 0 Å². The molecule has 0 spiro atoms. The van der Waals surface area contributed by atoms with Crippen molar-refractivity contribution in [3.05, 3.63) is 72.2 Å². The molecule has 0 aliphatic rings. The van der Waals surface area contributed by atoms with E-state index in [4.69, 9.17) is 0 Å². The van der Waals surface area contributed by atoms with Gasteiger partial charge in [0.05, 0.1) is 11.9 Å². The zero-order chi connectivity index (χ0) is 17.2. The number of hydrogen-bond donors (Lipinski definition) is 2. The molecule has 3 heterocycles. The molecule has 3 aromatic heterocycles. The van der Waals surface area contributed by atoms with Crippen molar-refractivity contribution in [2.45, 2.75) is 6.54 Å². The highest BCUT2D eigenvalue weighted by molar-refractivity contribution is 5.98. The van der Waals surface area contributed by atoms with Crippen molar-refractivity contribution in [3.63, 3.8) is 0 Å². The average Bonchev–Trinajstić information content (AvgIpc) is 3.29. The van der Waals surface area contributed by atoms with Crippen molar-refractivity contribution in [2.75, 3.05) is 0 Å². The molecule has 0 aliphatic carbocycles. The van der Waals surface area contributed by atoms with Gasteiger partial charge in [0.2, 0.25) is 0 Å². The maximum absolute atomic E-state index is 12.5. The topological polar surface area (TPSA) is 75.6 Å². The van der Waals surface area contributed by atoms with Crippen molar-refractivity contribution in [1.29, 1.82) is 0 Å². The van der Waals surface area contributed by atoms with E-state index in [1.54, 1.807) is 12.4 Å². The van der Waals surface area contributed by atoms with Gasteiger partial charge in [-0.2, -0.15) is 5.10 Å². The monoisotopic (exact) mass is 331 g/mol. The van der Waals surface area contributed by atoms with Crippen LogP contribution in [0, 0.1) is 0 Å². The van der Waals surface area contributed by atoms with Crippen LogP contribution in [0.15, 0.2) is 60.9 Å². The van der Waals surface area contributed by atoms with Gasteiger partial charge in [0.1, 0.15) is 11.3 Å². The summed E-state index contributed by atoms with van der Waals surface area (Å²) >= 11 is 0. The van der Waals surface area contributed by atoms with E-state index in [2.05, 4.69) is 20.5 Å². The third kappa shape index (κ3) is 2.89. The number of rotatable bonds is 4. The first-order valence-electron chi connectivity index (χ1n) is 8.00. The number of nitrogens with zero attached hydrogens (tertiary/aromatic N) is 3. The van der Waals surface area contributed by atoms with E-state index in [1.807, 2.05) is 60.1 Å². The van der Waals surface area contributed by atoms with Crippen LogP contribution >= 0.6 is 0 Å². The molecule has 4 aromatic rings. The van der Waals surface area contributed by atoms with Crippen molar-refractivity contribution in [1.82, 2.24) is 25.1 Å². The summed E-state index contributed by atoms with van der Waals surface area (Å²) in [6.45, 7) is 0.495. The lowest BCUT2D eigenvalue weighted by Gasteiger charge is -2.06. The summed E-state index contributed by atoms with van der Waals surface area (Å²) in [4.78, 5) is 17.2. The molecule has 6 nitrogen and oxygen atoms in total. The SMILES string of the molecule is Cn1c(C(=O)NCc2ccccc2)cc2ccc(-c3cn[nH]c3)nc21. The molecule has 2 N–H and O–H groups in total. The molecule has 0 atom stereocenters. The van der Waals surface area contributed by atoms with Crippen LogP contribution in [0.4, 0.5) is 0 Å². The summed E-state index contributed by atoms with van der Waals surface area (Å²) in [6.07, 6.45) is 3.52. The van der Waals surface area contributed by atoms with Gasteiger partial charge in [0, 0.05) is 30.7 Å². The maximum atomic E-state index is 12.5. The van der Waals surface area contributed by atoms with E-state index in [9.17, 15) is 4.79 Å². The highest BCUT2D eigenvalue weighted by Gasteiger charge is 2.15. The second-order valence-corrected chi connectivity index (χ2v) is 5.85. The Bertz CT molecular complexity index is 1020. The van der Waals surface area contributed by atoms with Crippen LogP contribution in [0.25, 0.3) is 22.3 Å². The molecule has 0 fully saturated rings. The number of benzene rings is 1. The first kappa shape index (κ1) is 15.1. The minimum Gasteiger partial charge on any atom is -0.347 e. The Morgan fingerprint density at radius 1 is 1.20 bits per heavy atom. The summed E-state index contributed by atoms with van der Waals surface area (Å²) in [5.74, 6) is -0.116. The van der Waals surface area contributed by atoms with Crippen LogP contribution in [0.3, 0.4) is 0 Å². The first-order valence-corrected chi connectivity index (χ1v) is 8.00. The fourth-order valence-electron chi connectivity index (χ4n) is 2.84. The number of hydrogen-bond acceptors (Lipinski definition) is 3. The number of amides is 1. The number of fused-ring (bicyclic) bond motifs is 1. The number of pyridine rings is 1. The molecule has 0 saturated heterocycles. The molecule has 0 unspecified atom stereocenters. The molecular formula is C19H17N5O. The van der Waals surface area contributed by atoms with Crippen molar-refractivity contribution >= 4 is 16.9 Å². The summed E-state index contributed by atoms with van der Waals surface area (Å²) < 4.78 is 1.82. The van der Waals surface area contributed by atoms with Gasteiger partial charge in [-0.25, -0.2) is 4.98 Å². The second kappa shape index (κ2) is 6.24. The number of aryl methyl sites for hydroxylation is 1. The van der Waals surface area contributed by atoms with E-state index >= 15 is 0 Å². The second-order valence-electron chi connectivity index (χ2n) is 5.85. The molecule has 6 heteroatoms. The average molecular weight is 331 g/mol. The molecule has 0 aliphatic heterocycles. The summed E-state index contributed by atoms with van der Waals surface area (Å²) in [6, 6.07) is 15.6. The molecule has 0 radical (unpaired) electrons. The van der Waals surface area contributed by atoms with E-state index in [-0.39, 0.29) is 5.91 Å². The lowest BCUT2D eigenvalue weighted by Crippen LogP contribution is -2.24.